The molecule has 1 aromatic heterocycles. The number of carbonyl (C=O) groups is 4. The lowest BCUT2D eigenvalue weighted by Crippen LogP contribution is -2.44. The number of hydrogen-bond acceptors (Lipinski definition) is 10. The molecule has 0 radical (unpaired) electrons. The Morgan fingerprint density at radius 2 is 1.81 bits per heavy atom. The molecule has 0 saturated carbocycles. The van der Waals surface area contributed by atoms with Crippen LogP contribution in [-0.2, 0) is 25.4 Å². The van der Waals surface area contributed by atoms with Crippen LogP contribution in [0.1, 0.15) is 68.7 Å². The number of rotatable bonds is 10. The number of carbonyl (C=O) groups excluding carboxylic acids is 4. The van der Waals surface area contributed by atoms with Crippen molar-refractivity contribution in [1.29, 1.82) is 5.26 Å². The molecule has 4 heterocycles. The number of nitriles is 1. The van der Waals surface area contributed by atoms with E-state index in [1.165, 1.54) is 43.0 Å². The molecule has 1 atom stereocenters. The molecule has 0 aliphatic carbocycles. The summed E-state index contributed by atoms with van der Waals surface area (Å²) in [7, 11) is 0. The van der Waals surface area contributed by atoms with E-state index in [9.17, 15) is 37.6 Å². The summed E-state index contributed by atoms with van der Waals surface area (Å²) in [6.45, 7) is 5.14. The molecule has 13 nitrogen and oxygen atoms in total. The number of halogens is 4. The van der Waals surface area contributed by atoms with Crippen molar-refractivity contribution in [1.82, 2.24) is 15.4 Å². The fourth-order valence-corrected chi connectivity index (χ4v) is 8.14. The van der Waals surface area contributed by atoms with Crippen LogP contribution >= 0.6 is 12.2 Å². The zero-order chi connectivity index (χ0) is 41.5. The molecule has 18 heteroatoms. The van der Waals surface area contributed by atoms with E-state index in [1.54, 1.807) is 18.2 Å². The first-order valence-corrected chi connectivity index (χ1v) is 18.9. The molecular weight excluding hydrogens is 783 g/mol. The summed E-state index contributed by atoms with van der Waals surface area (Å²) in [6.07, 6.45) is -2.48. The van der Waals surface area contributed by atoms with E-state index in [-0.39, 0.29) is 53.0 Å². The van der Waals surface area contributed by atoms with E-state index in [0.29, 0.717) is 60.9 Å². The number of aromatic nitrogens is 1. The lowest BCUT2D eigenvalue weighted by molar-refractivity contribution is -0.138. The minimum absolute atomic E-state index is 0.0306. The Morgan fingerprint density at radius 3 is 2.50 bits per heavy atom. The van der Waals surface area contributed by atoms with Gasteiger partial charge >= 0.3 is 6.18 Å². The third kappa shape index (κ3) is 7.96. The normalized spacial score (nSPS) is 19.1. The maximum atomic E-state index is 15.4. The Balaban J connectivity index is 0.899. The number of thiocarbonyl (C=S) groups is 1. The summed E-state index contributed by atoms with van der Waals surface area (Å²) in [4.78, 5) is 55.0. The highest BCUT2D eigenvalue weighted by Gasteiger charge is 2.51. The highest BCUT2D eigenvalue weighted by atomic mass is 32.1. The average Bonchev–Trinajstić information content (AvgIpc) is 3.66. The van der Waals surface area contributed by atoms with E-state index < -0.39 is 46.4 Å². The molecule has 3 aromatic carbocycles. The zero-order valence-corrected chi connectivity index (χ0v) is 32.1. The number of benzene rings is 3. The van der Waals surface area contributed by atoms with E-state index >= 15 is 4.39 Å². The monoisotopic (exact) mass is 819 g/mol. The molecule has 3 fully saturated rings. The van der Waals surface area contributed by atoms with Gasteiger partial charge in [0.15, 0.2) is 22.3 Å². The predicted molar refractivity (Wildman–Crippen MR) is 206 cm³/mol. The van der Waals surface area contributed by atoms with Crippen molar-refractivity contribution in [2.24, 2.45) is 5.92 Å². The van der Waals surface area contributed by atoms with Gasteiger partial charge in [-0.2, -0.15) is 18.4 Å². The molecular formula is C40H37F4N7O6S. The van der Waals surface area contributed by atoms with Gasteiger partial charge < -0.3 is 19.5 Å². The highest BCUT2D eigenvalue weighted by Crippen LogP contribution is 2.40. The largest absolute Gasteiger partial charge is 0.489 e. The van der Waals surface area contributed by atoms with Crippen LogP contribution in [-0.4, -0.2) is 70.6 Å². The number of likely N-dealkylation sites (tertiary alicyclic amines) is 1. The zero-order valence-electron chi connectivity index (χ0n) is 31.3. The Hall–Kier alpha value is -5.93. The summed E-state index contributed by atoms with van der Waals surface area (Å²) in [5, 5.41) is 18.9. The van der Waals surface area contributed by atoms with Crippen molar-refractivity contribution < 1.29 is 46.0 Å². The van der Waals surface area contributed by atoms with Crippen LogP contribution in [0, 0.1) is 23.1 Å². The number of piperidine rings is 2. The van der Waals surface area contributed by atoms with E-state index in [2.05, 4.69) is 20.7 Å². The molecule has 58 heavy (non-hydrogen) atoms. The van der Waals surface area contributed by atoms with Crippen LogP contribution < -0.4 is 25.2 Å². The van der Waals surface area contributed by atoms with Crippen LogP contribution in [0.4, 0.5) is 34.6 Å². The number of imide groups is 1. The Morgan fingerprint density at radius 1 is 1.07 bits per heavy atom. The molecule has 4 aromatic rings. The Bertz CT molecular complexity index is 2370. The second-order valence-electron chi connectivity index (χ2n) is 14.9. The summed E-state index contributed by atoms with van der Waals surface area (Å²) < 4.78 is 67.6. The van der Waals surface area contributed by atoms with Gasteiger partial charge in [0, 0.05) is 42.2 Å². The molecule has 7 rings (SSSR count). The Kier molecular flexibility index (Phi) is 11.0. The molecule has 3 aliphatic heterocycles. The van der Waals surface area contributed by atoms with Gasteiger partial charge in [0.25, 0.3) is 5.91 Å². The van der Waals surface area contributed by atoms with Gasteiger partial charge in [-0.1, -0.05) is 5.16 Å². The Labute approximate surface area is 334 Å². The van der Waals surface area contributed by atoms with E-state index in [4.69, 9.17) is 21.5 Å². The van der Waals surface area contributed by atoms with Gasteiger partial charge in [-0.3, -0.25) is 34.3 Å². The maximum Gasteiger partial charge on any atom is 0.417 e. The molecule has 302 valence electrons. The minimum atomic E-state index is -4.85. The fraction of sp³-hybridized carbons (Fsp3) is 0.375. The smallest absolute Gasteiger partial charge is 0.417 e. The number of nitrogens with zero attached hydrogens (tertiary/aromatic N) is 5. The molecule has 0 bridgehead atoms. The van der Waals surface area contributed by atoms with Crippen molar-refractivity contribution >= 4 is 69.0 Å². The average molecular weight is 820 g/mol. The van der Waals surface area contributed by atoms with Gasteiger partial charge in [0.1, 0.15) is 17.8 Å². The van der Waals surface area contributed by atoms with Crippen molar-refractivity contribution in [2.75, 3.05) is 41.4 Å². The van der Waals surface area contributed by atoms with Crippen molar-refractivity contribution in [2.45, 2.75) is 63.6 Å². The summed E-state index contributed by atoms with van der Waals surface area (Å²) in [5.74, 6) is -2.77. The quantitative estimate of drug-likeness (QED) is 0.103. The van der Waals surface area contributed by atoms with Crippen LogP contribution in [0.15, 0.2) is 59.1 Å². The third-order valence-corrected chi connectivity index (χ3v) is 11.1. The number of amides is 4. The SMILES string of the molecule is CC1(C)C(=O)N(c2ccc(C#N)c(C(F)(F)F)c2)C(=S)N1c1ccc(OCCN2CCC(CC(=O)Nc3ccc4onc(C5CCC(=O)NC5=O)c4c3)CC2)c(F)c1. The maximum absolute atomic E-state index is 15.4. The number of alkyl halides is 3. The second-order valence-corrected chi connectivity index (χ2v) is 15.3. The van der Waals surface area contributed by atoms with Crippen LogP contribution in [0.25, 0.3) is 11.0 Å². The van der Waals surface area contributed by atoms with Crippen molar-refractivity contribution in [3.8, 4) is 11.8 Å². The van der Waals surface area contributed by atoms with Crippen LogP contribution in [0.3, 0.4) is 0 Å². The van der Waals surface area contributed by atoms with Crippen LogP contribution in [0.2, 0.25) is 0 Å². The van der Waals surface area contributed by atoms with Gasteiger partial charge in [-0.05, 0) is 113 Å². The molecule has 0 spiro atoms. The van der Waals surface area contributed by atoms with E-state index in [1.807, 2.05) is 0 Å². The molecule has 3 saturated heterocycles. The van der Waals surface area contributed by atoms with Crippen molar-refractivity contribution in [3.63, 3.8) is 0 Å². The first-order chi connectivity index (χ1) is 27.5. The fourth-order valence-electron chi connectivity index (χ4n) is 7.62. The third-order valence-electron chi connectivity index (χ3n) is 10.7. The van der Waals surface area contributed by atoms with Gasteiger partial charge in [0.2, 0.25) is 17.7 Å². The van der Waals surface area contributed by atoms with Gasteiger partial charge in [-0.15, -0.1) is 0 Å². The summed E-state index contributed by atoms with van der Waals surface area (Å²) in [5.41, 5.74) is -1.74. The predicted octanol–water partition coefficient (Wildman–Crippen LogP) is 6.41. The molecule has 1 unspecified atom stereocenters. The standard InChI is InChI=1S/C40H37F4N7O6S/c1-39(2)37(55)50(25-5-3-23(21-45)29(19-25)40(42,43)44)38(58)51(39)26-6-9-32(30(41)20-26)56-16-15-49-13-11-22(12-14-49)17-34(53)46-24-4-8-31-28(18-24)35(48-57-31)27-7-10-33(52)47-36(27)54/h3-6,8-9,18-20,22,27H,7,10-17H2,1-2H3,(H,46,53)(H,47,52,54). The van der Waals surface area contributed by atoms with Crippen molar-refractivity contribution in [3.05, 3.63) is 77.2 Å². The topological polar surface area (TPSA) is 161 Å². The number of ether oxygens (including phenoxy) is 1. The lowest BCUT2D eigenvalue weighted by atomic mass is 9.92. The number of fused-ring (bicyclic) bond motifs is 1. The van der Waals surface area contributed by atoms with Gasteiger partial charge in [0.05, 0.1) is 28.8 Å². The number of anilines is 3. The minimum Gasteiger partial charge on any atom is -0.489 e. The first kappa shape index (κ1) is 40.3. The first-order valence-electron chi connectivity index (χ1n) is 18.5. The number of nitrogens with one attached hydrogen (secondary N) is 2. The van der Waals surface area contributed by atoms with Crippen LogP contribution in [0.5, 0.6) is 5.75 Å². The second kappa shape index (κ2) is 15.8. The lowest BCUT2D eigenvalue weighted by Gasteiger charge is -2.31. The molecule has 4 amide bonds. The van der Waals surface area contributed by atoms with E-state index in [0.717, 1.165) is 29.9 Å². The van der Waals surface area contributed by atoms with Gasteiger partial charge in [-0.25, -0.2) is 4.39 Å². The highest BCUT2D eigenvalue weighted by molar-refractivity contribution is 7.81. The molecule has 2 N–H and O–H groups in total. The molecule has 3 aliphatic rings. The summed E-state index contributed by atoms with van der Waals surface area (Å²) in [6, 6.07) is 13.6. The number of hydrogen-bond donors (Lipinski definition) is 2. The summed E-state index contributed by atoms with van der Waals surface area (Å²) >= 11 is 5.55.